The van der Waals surface area contributed by atoms with Crippen molar-refractivity contribution in [3.8, 4) is 0 Å². The van der Waals surface area contributed by atoms with E-state index < -0.39 is 0 Å². The van der Waals surface area contributed by atoms with E-state index in [-0.39, 0.29) is 5.91 Å². The highest BCUT2D eigenvalue weighted by atomic mass is 32.1. The summed E-state index contributed by atoms with van der Waals surface area (Å²) in [5.74, 6) is -0.387. The molecule has 0 spiro atoms. The lowest BCUT2D eigenvalue weighted by atomic mass is 9.96. The fraction of sp³-hybridized carbons (Fsp3) is 0.500. The van der Waals surface area contributed by atoms with Gasteiger partial charge in [0.1, 0.15) is 5.01 Å². The molecular weight excluding hydrogens is 320 g/mol. The van der Waals surface area contributed by atoms with Gasteiger partial charge < -0.3 is 5.73 Å². The average Bonchev–Trinajstić information content (AvgIpc) is 2.94. The number of carbonyl (C=O) groups excluding carboxylic acids is 1. The number of amides is 1. The summed E-state index contributed by atoms with van der Waals surface area (Å²) in [7, 11) is 1.98. The van der Waals surface area contributed by atoms with E-state index in [1.54, 1.807) is 23.5 Å². The molecule has 0 atom stereocenters. The highest BCUT2D eigenvalue weighted by Gasteiger charge is 2.12. The van der Waals surface area contributed by atoms with Crippen molar-refractivity contribution < 1.29 is 4.79 Å². The largest absolute Gasteiger partial charge is 0.366 e. The van der Waals surface area contributed by atoms with Crippen molar-refractivity contribution in [3.63, 3.8) is 0 Å². The maximum absolute atomic E-state index is 11.1. The van der Waals surface area contributed by atoms with Crippen molar-refractivity contribution in [2.24, 2.45) is 17.8 Å². The predicted molar refractivity (Wildman–Crippen MR) is 95.9 cm³/mol. The van der Waals surface area contributed by atoms with Crippen LogP contribution in [0.15, 0.2) is 29.3 Å². The number of carbonyl (C=O) groups is 1. The van der Waals surface area contributed by atoms with Crippen LogP contribution in [0.1, 0.15) is 53.0 Å². The molecule has 0 saturated heterocycles. The van der Waals surface area contributed by atoms with Gasteiger partial charge in [0.05, 0.1) is 6.04 Å². The van der Waals surface area contributed by atoms with Crippen molar-refractivity contribution in [1.29, 1.82) is 0 Å². The molecular formula is C18H24N4OS. The molecule has 0 aliphatic heterocycles. The summed E-state index contributed by atoms with van der Waals surface area (Å²) >= 11 is 1.69. The van der Waals surface area contributed by atoms with E-state index in [0.717, 1.165) is 22.7 Å². The Hall–Kier alpha value is -1.95. The number of rotatable bonds is 5. The van der Waals surface area contributed by atoms with Crippen LogP contribution >= 0.6 is 11.3 Å². The summed E-state index contributed by atoms with van der Waals surface area (Å²) in [5, 5.41) is 5.71. The average molecular weight is 344 g/mol. The molecule has 5 nitrogen and oxygen atoms in total. The standard InChI is InChI=1S/C18H24N4OS/c1-22-18(20-15-5-3-2-4-6-15)24-16(21-22)12-9-13-7-10-14(11-8-13)17(19)23/h7-8,10-11,15H,2-6,9,12H2,1H3,(H2,19,23). The zero-order valence-electron chi connectivity index (χ0n) is 14.1. The Morgan fingerprint density at radius 1 is 1.25 bits per heavy atom. The maximum atomic E-state index is 11.1. The van der Waals surface area contributed by atoms with E-state index in [1.807, 2.05) is 23.9 Å². The zero-order chi connectivity index (χ0) is 16.9. The predicted octanol–water partition coefficient (Wildman–Crippen LogP) is 2.60. The van der Waals surface area contributed by atoms with Crippen LogP contribution in [0.5, 0.6) is 0 Å². The Balaban J connectivity index is 1.64. The number of benzene rings is 1. The summed E-state index contributed by atoms with van der Waals surface area (Å²) in [5.41, 5.74) is 7.00. The quantitative estimate of drug-likeness (QED) is 0.905. The lowest BCUT2D eigenvalue weighted by Gasteiger charge is -2.16. The fourth-order valence-corrected chi connectivity index (χ4v) is 4.02. The van der Waals surface area contributed by atoms with Crippen LogP contribution in [-0.2, 0) is 19.9 Å². The van der Waals surface area contributed by atoms with Crippen molar-refractivity contribution in [2.75, 3.05) is 0 Å². The SMILES string of the molecule is Cn1nc(CCc2ccc(C(N)=O)cc2)sc1=NC1CCCCC1. The Kier molecular flexibility index (Phi) is 5.45. The third-order valence-electron chi connectivity index (χ3n) is 4.48. The normalized spacial score (nSPS) is 16.5. The first-order valence-electron chi connectivity index (χ1n) is 8.57. The molecule has 1 aliphatic rings. The van der Waals surface area contributed by atoms with Crippen LogP contribution in [0.4, 0.5) is 0 Å². The molecule has 24 heavy (non-hydrogen) atoms. The minimum atomic E-state index is -0.387. The minimum Gasteiger partial charge on any atom is -0.366 e. The van der Waals surface area contributed by atoms with Crippen LogP contribution in [0.25, 0.3) is 0 Å². The summed E-state index contributed by atoms with van der Waals surface area (Å²) in [4.78, 5) is 17.0. The first-order valence-corrected chi connectivity index (χ1v) is 9.39. The highest BCUT2D eigenvalue weighted by molar-refractivity contribution is 7.08. The Bertz CT molecular complexity index is 754. The lowest BCUT2D eigenvalue weighted by Crippen LogP contribution is -2.18. The second-order valence-corrected chi connectivity index (χ2v) is 7.42. The Morgan fingerprint density at radius 3 is 2.62 bits per heavy atom. The molecule has 1 aromatic carbocycles. The van der Waals surface area contributed by atoms with Gasteiger partial charge in [0.2, 0.25) is 10.7 Å². The molecule has 1 aromatic heterocycles. The number of nitrogens with zero attached hydrogens (tertiary/aromatic N) is 3. The van der Waals surface area contributed by atoms with Crippen LogP contribution in [0.3, 0.4) is 0 Å². The van der Waals surface area contributed by atoms with Gasteiger partial charge in [0.15, 0.2) is 0 Å². The molecule has 0 bridgehead atoms. The van der Waals surface area contributed by atoms with Gasteiger partial charge in [-0.05, 0) is 37.0 Å². The zero-order valence-corrected chi connectivity index (χ0v) is 14.9. The third-order valence-corrected chi connectivity index (χ3v) is 5.55. The smallest absolute Gasteiger partial charge is 0.248 e. The lowest BCUT2D eigenvalue weighted by molar-refractivity contribution is 0.100. The van der Waals surface area contributed by atoms with E-state index in [4.69, 9.17) is 10.7 Å². The fourth-order valence-electron chi connectivity index (χ4n) is 3.07. The number of nitrogens with two attached hydrogens (primary N) is 1. The second-order valence-electron chi connectivity index (χ2n) is 6.38. The minimum absolute atomic E-state index is 0.387. The van der Waals surface area contributed by atoms with Crippen molar-refractivity contribution in [2.45, 2.75) is 51.0 Å². The van der Waals surface area contributed by atoms with Gasteiger partial charge in [-0.15, -0.1) is 0 Å². The first kappa shape index (κ1) is 16.9. The van der Waals surface area contributed by atoms with E-state index in [0.29, 0.717) is 11.6 Å². The molecule has 128 valence electrons. The van der Waals surface area contributed by atoms with Gasteiger partial charge in [0, 0.05) is 19.0 Å². The molecule has 1 amide bonds. The van der Waals surface area contributed by atoms with E-state index in [1.165, 1.54) is 37.7 Å². The topological polar surface area (TPSA) is 73.3 Å². The number of aryl methyl sites for hydroxylation is 3. The van der Waals surface area contributed by atoms with Gasteiger partial charge in [-0.2, -0.15) is 5.10 Å². The van der Waals surface area contributed by atoms with Crippen molar-refractivity contribution in [3.05, 3.63) is 45.2 Å². The van der Waals surface area contributed by atoms with E-state index in [2.05, 4.69) is 5.10 Å². The molecule has 0 radical (unpaired) electrons. The van der Waals surface area contributed by atoms with Gasteiger partial charge in [-0.1, -0.05) is 42.7 Å². The summed E-state index contributed by atoms with van der Waals surface area (Å²) in [6, 6.07) is 7.95. The molecule has 1 fully saturated rings. The van der Waals surface area contributed by atoms with Crippen LogP contribution < -0.4 is 10.5 Å². The Morgan fingerprint density at radius 2 is 1.96 bits per heavy atom. The van der Waals surface area contributed by atoms with Gasteiger partial charge in [-0.25, -0.2) is 4.68 Å². The van der Waals surface area contributed by atoms with Gasteiger partial charge in [0.25, 0.3) is 0 Å². The summed E-state index contributed by atoms with van der Waals surface area (Å²) in [6.07, 6.45) is 8.14. The molecule has 1 heterocycles. The van der Waals surface area contributed by atoms with Crippen LogP contribution in [0, 0.1) is 0 Å². The molecule has 1 aliphatic carbocycles. The Labute approximate surface area is 146 Å². The monoisotopic (exact) mass is 344 g/mol. The van der Waals surface area contributed by atoms with E-state index in [9.17, 15) is 4.79 Å². The molecule has 1 saturated carbocycles. The van der Waals surface area contributed by atoms with Crippen LogP contribution in [0.2, 0.25) is 0 Å². The second kappa shape index (κ2) is 7.75. The maximum Gasteiger partial charge on any atom is 0.248 e. The van der Waals surface area contributed by atoms with E-state index >= 15 is 0 Å². The van der Waals surface area contributed by atoms with Crippen LogP contribution in [-0.4, -0.2) is 21.7 Å². The van der Waals surface area contributed by atoms with Crippen molar-refractivity contribution >= 4 is 17.2 Å². The highest BCUT2D eigenvalue weighted by Crippen LogP contribution is 2.20. The summed E-state index contributed by atoms with van der Waals surface area (Å²) in [6.45, 7) is 0. The van der Waals surface area contributed by atoms with Gasteiger partial charge in [-0.3, -0.25) is 9.79 Å². The number of hydrogen-bond donors (Lipinski definition) is 1. The molecule has 2 aromatic rings. The summed E-state index contributed by atoms with van der Waals surface area (Å²) < 4.78 is 1.91. The van der Waals surface area contributed by atoms with Crippen molar-refractivity contribution in [1.82, 2.24) is 9.78 Å². The first-order chi connectivity index (χ1) is 11.6. The van der Waals surface area contributed by atoms with Gasteiger partial charge >= 0.3 is 0 Å². The number of primary amides is 1. The molecule has 2 N–H and O–H groups in total. The number of aromatic nitrogens is 2. The molecule has 3 rings (SSSR count). The molecule has 6 heteroatoms. The molecule has 0 unspecified atom stereocenters. The number of hydrogen-bond acceptors (Lipinski definition) is 4. The third kappa shape index (κ3) is 4.32.